The molecule has 6 heteroatoms. The van der Waals surface area contributed by atoms with Crippen LogP contribution in [0.3, 0.4) is 0 Å². The molecule has 116 valence electrons. The van der Waals surface area contributed by atoms with E-state index in [1.807, 2.05) is 47.8 Å². The number of rotatable bonds is 7. The van der Waals surface area contributed by atoms with Crippen LogP contribution in [0, 0.1) is 0 Å². The van der Waals surface area contributed by atoms with Crippen molar-refractivity contribution in [1.82, 2.24) is 10.6 Å². The highest BCUT2D eigenvalue weighted by molar-refractivity contribution is 7.10. The summed E-state index contributed by atoms with van der Waals surface area (Å²) in [5.41, 5.74) is 1.05. The minimum absolute atomic E-state index is 0.0915. The van der Waals surface area contributed by atoms with Gasteiger partial charge in [-0.2, -0.15) is 0 Å². The van der Waals surface area contributed by atoms with Crippen molar-refractivity contribution < 1.29 is 14.9 Å². The number of likely N-dealkylation sites (N-methyl/N-ethyl adjacent to an activating group) is 1. The summed E-state index contributed by atoms with van der Waals surface area (Å²) in [4.78, 5) is 24.4. The van der Waals surface area contributed by atoms with E-state index in [-0.39, 0.29) is 30.9 Å². The highest BCUT2D eigenvalue weighted by Crippen LogP contribution is 2.25. The maximum Gasteiger partial charge on any atom is 0.275 e. The minimum atomic E-state index is -0.151. The molecule has 0 saturated carbocycles. The summed E-state index contributed by atoms with van der Waals surface area (Å²) in [7, 11) is 1.58. The number of hydrogen-bond acceptors (Lipinski definition) is 3. The molecule has 0 aliphatic carbocycles. The molecule has 2 amide bonds. The summed E-state index contributed by atoms with van der Waals surface area (Å²) < 4.78 is 0. The molecule has 1 atom stereocenters. The predicted octanol–water partition coefficient (Wildman–Crippen LogP) is 0.263. The third-order valence-electron chi connectivity index (χ3n) is 3.20. The minimum Gasteiger partial charge on any atom is -0.354 e. The second-order valence-electron chi connectivity index (χ2n) is 4.80. The van der Waals surface area contributed by atoms with Gasteiger partial charge in [-0.15, -0.1) is 11.3 Å². The van der Waals surface area contributed by atoms with Gasteiger partial charge in [-0.05, 0) is 17.0 Å². The SMILES string of the molecule is CNC(=O)C[NH2+]CC(=O)N[C@@H](c1ccccc1)c1cccs1. The molecule has 4 N–H and O–H groups in total. The van der Waals surface area contributed by atoms with Crippen LogP contribution in [-0.4, -0.2) is 32.0 Å². The molecule has 2 rings (SSSR count). The summed E-state index contributed by atoms with van der Waals surface area (Å²) >= 11 is 1.61. The number of nitrogens with one attached hydrogen (secondary N) is 2. The quantitative estimate of drug-likeness (QED) is 0.685. The zero-order valence-corrected chi connectivity index (χ0v) is 13.2. The Kier molecular flexibility index (Phi) is 6.12. The van der Waals surface area contributed by atoms with E-state index in [2.05, 4.69) is 10.6 Å². The largest absolute Gasteiger partial charge is 0.354 e. The fourth-order valence-electron chi connectivity index (χ4n) is 2.08. The Bertz CT molecular complexity index is 599. The van der Waals surface area contributed by atoms with Crippen molar-refractivity contribution in [2.24, 2.45) is 0 Å². The first kappa shape index (κ1) is 16.2. The van der Waals surface area contributed by atoms with Gasteiger partial charge < -0.3 is 16.0 Å². The van der Waals surface area contributed by atoms with E-state index in [1.54, 1.807) is 23.7 Å². The number of benzene rings is 1. The van der Waals surface area contributed by atoms with E-state index in [0.29, 0.717) is 0 Å². The first-order chi connectivity index (χ1) is 10.7. The monoisotopic (exact) mass is 318 g/mol. The van der Waals surface area contributed by atoms with Gasteiger partial charge in [-0.3, -0.25) is 9.59 Å². The molecule has 1 heterocycles. The van der Waals surface area contributed by atoms with Gasteiger partial charge in [0.05, 0.1) is 6.04 Å². The Morgan fingerprint density at radius 2 is 1.82 bits per heavy atom. The average molecular weight is 318 g/mol. The predicted molar refractivity (Wildman–Crippen MR) is 86.5 cm³/mol. The maximum atomic E-state index is 12.1. The lowest BCUT2D eigenvalue weighted by Gasteiger charge is -2.17. The molecule has 0 bridgehead atoms. The number of amides is 2. The third-order valence-corrected chi connectivity index (χ3v) is 4.14. The van der Waals surface area contributed by atoms with E-state index >= 15 is 0 Å². The van der Waals surface area contributed by atoms with Gasteiger partial charge in [0.2, 0.25) is 0 Å². The van der Waals surface area contributed by atoms with E-state index in [1.165, 1.54) is 0 Å². The molecule has 0 aliphatic heterocycles. The van der Waals surface area contributed by atoms with Gasteiger partial charge in [0.25, 0.3) is 11.8 Å². The van der Waals surface area contributed by atoms with Gasteiger partial charge in [-0.1, -0.05) is 36.4 Å². The van der Waals surface area contributed by atoms with Crippen molar-refractivity contribution in [3.05, 3.63) is 58.3 Å². The molecular weight excluding hydrogens is 298 g/mol. The molecular formula is C16H20N3O2S+. The molecule has 0 fully saturated rings. The van der Waals surface area contributed by atoms with Gasteiger partial charge >= 0.3 is 0 Å². The zero-order valence-electron chi connectivity index (χ0n) is 12.4. The lowest BCUT2D eigenvalue weighted by molar-refractivity contribution is -0.633. The maximum absolute atomic E-state index is 12.1. The Balaban J connectivity index is 1.99. The lowest BCUT2D eigenvalue weighted by Crippen LogP contribution is -2.88. The smallest absolute Gasteiger partial charge is 0.275 e. The van der Waals surface area contributed by atoms with Crippen molar-refractivity contribution in [2.45, 2.75) is 6.04 Å². The van der Waals surface area contributed by atoms with Crippen molar-refractivity contribution in [3.8, 4) is 0 Å². The van der Waals surface area contributed by atoms with Crippen LogP contribution in [0.5, 0.6) is 0 Å². The van der Waals surface area contributed by atoms with Crippen LogP contribution >= 0.6 is 11.3 Å². The zero-order chi connectivity index (χ0) is 15.8. The molecule has 2 aromatic rings. The van der Waals surface area contributed by atoms with Crippen LogP contribution in [0.4, 0.5) is 0 Å². The van der Waals surface area contributed by atoms with Gasteiger partial charge in [0.1, 0.15) is 0 Å². The normalized spacial score (nSPS) is 11.7. The summed E-state index contributed by atoms with van der Waals surface area (Å²) in [6, 6.07) is 13.7. The number of quaternary nitrogens is 1. The van der Waals surface area contributed by atoms with Crippen LogP contribution in [-0.2, 0) is 9.59 Å². The van der Waals surface area contributed by atoms with Crippen LogP contribution < -0.4 is 16.0 Å². The second kappa shape index (κ2) is 8.31. The van der Waals surface area contributed by atoms with Gasteiger partial charge in [0, 0.05) is 11.9 Å². The number of carbonyl (C=O) groups is 2. The Labute approximate surface area is 133 Å². The van der Waals surface area contributed by atoms with Crippen molar-refractivity contribution in [3.63, 3.8) is 0 Å². The van der Waals surface area contributed by atoms with Crippen LogP contribution in [0.15, 0.2) is 47.8 Å². The second-order valence-corrected chi connectivity index (χ2v) is 5.78. The molecule has 0 saturated heterocycles. The Hall–Kier alpha value is -2.18. The van der Waals surface area contributed by atoms with E-state index in [9.17, 15) is 9.59 Å². The average Bonchev–Trinajstić information content (AvgIpc) is 3.07. The topological polar surface area (TPSA) is 74.8 Å². The number of thiophene rings is 1. The van der Waals surface area contributed by atoms with Gasteiger partial charge in [0.15, 0.2) is 13.1 Å². The van der Waals surface area contributed by atoms with Crippen molar-refractivity contribution in [2.75, 3.05) is 20.1 Å². The molecule has 1 aromatic carbocycles. The first-order valence-electron chi connectivity index (χ1n) is 7.10. The van der Waals surface area contributed by atoms with E-state index < -0.39 is 0 Å². The van der Waals surface area contributed by atoms with Crippen molar-refractivity contribution in [1.29, 1.82) is 0 Å². The lowest BCUT2D eigenvalue weighted by atomic mass is 10.1. The standard InChI is InChI=1S/C16H19N3O2S/c1-17-14(20)10-18-11-15(21)19-16(13-8-5-9-22-13)12-6-3-2-4-7-12/h2-9,16,18H,10-11H2,1H3,(H,17,20)(H,19,21)/p+1/t16-/m0/s1. The summed E-state index contributed by atoms with van der Waals surface area (Å²) in [5, 5.41) is 9.24. The molecule has 0 radical (unpaired) electrons. The van der Waals surface area contributed by atoms with Crippen molar-refractivity contribution >= 4 is 23.2 Å². The summed E-state index contributed by atoms with van der Waals surface area (Å²) in [6.45, 7) is 0.473. The van der Waals surface area contributed by atoms with Gasteiger partial charge in [-0.25, -0.2) is 0 Å². The molecule has 0 aliphatic rings. The molecule has 1 aromatic heterocycles. The number of hydrogen-bond donors (Lipinski definition) is 3. The van der Waals surface area contributed by atoms with Crippen LogP contribution in [0.25, 0.3) is 0 Å². The molecule has 22 heavy (non-hydrogen) atoms. The highest BCUT2D eigenvalue weighted by atomic mass is 32.1. The fraction of sp³-hybridized carbons (Fsp3) is 0.250. The van der Waals surface area contributed by atoms with Crippen LogP contribution in [0.2, 0.25) is 0 Å². The molecule has 5 nitrogen and oxygen atoms in total. The van der Waals surface area contributed by atoms with Crippen LogP contribution in [0.1, 0.15) is 16.5 Å². The molecule has 0 spiro atoms. The number of nitrogens with two attached hydrogens (primary N) is 1. The molecule has 0 unspecified atom stereocenters. The summed E-state index contributed by atoms with van der Waals surface area (Å²) in [6.07, 6.45) is 0. The Morgan fingerprint density at radius 1 is 1.09 bits per heavy atom. The summed E-state index contributed by atoms with van der Waals surface area (Å²) in [5.74, 6) is -0.183. The Morgan fingerprint density at radius 3 is 2.45 bits per heavy atom. The third kappa shape index (κ3) is 4.68. The van der Waals surface area contributed by atoms with E-state index in [0.717, 1.165) is 10.4 Å². The fourth-order valence-corrected chi connectivity index (χ4v) is 2.88. The highest BCUT2D eigenvalue weighted by Gasteiger charge is 2.18. The first-order valence-corrected chi connectivity index (χ1v) is 7.98. The number of carbonyl (C=O) groups excluding carboxylic acids is 2. The van der Waals surface area contributed by atoms with E-state index in [4.69, 9.17) is 0 Å².